The van der Waals surface area contributed by atoms with Gasteiger partial charge in [-0.3, -0.25) is 0 Å². The van der Waals surface area contributed by atoms with Crippen LogP contribution in [0.5, 0.6) is 11.5 Å². The van der Waals surface area contributed by atoms with Crippen LogP contribution in [0.2, 0.25) is 0 Å². The molecule has 0 heterocycles. The maximum absolute atomic E-state index is 5.49. The van der Waals surface area contributed by atoms with E-state index >= 15 is 0 Å². The number of ether oxygens (including phenoxy) is 2. The van der Waals surface area contributed by atoms with Crippen molar-refractivity contribution in [1.82, 2.24) is 0 Å². The van der Waals surface area contributed by atoms with Gasteiger partial charge in [-0.05, 0) is 135 Å². The molecule has 0 saturated carbocycles. The lowest BCUT2D eigenvalue weighted by atomic mass is 9.98. The SMILES string of the molecule is COc1ccc(N(c2ccc(OC)cc2)c2ccc(N(c3ccc4cc5ccccc5cc4c3)c3c4ccccc4cc4ccccc34)cc2)cc1. The van der Waals surface area contributed by atoms with Crippen molar-refractivity contribution >= 4 is 77.2 Å². The largest absolute Gasteiger partial charge is 0.497 e. The Hall–Kier alpha value is -6.78. The summed E-state index contributed by atoms with van der Waals surface area (Å²) in [4.78, 5) is 4.68. The van der Waals surface area contributed by atoms with Crippen molar-refractivity contribution in [2.75, 3.05) is 24.0 Å². The van der Waals surface area contributed by atoms with Crippen molar-refractivity contribution in [3.63, 3.8) is 0 Å². The van der Waals surface area contributed by atoms with Gasteiger partial charge < -0.3 is 19.3 Å². The van der Waals surface area contributed by atoms with Gasteiger partial charge in [-0.1, -0.05) is 78.9 Å². The Morgan fingerprint density at radius 1 is 0.308 bits per heavy atom. The Bertz CT molecular complexity index is 2600. The van der Waals surface area contributed by atoms with Gasteiger partial charge in [-0.25, -0.2) is 0 Å². The first-order chi connectivity index (χ1) is 25.7. The second kappa shape index (κ2) is 13.2. The minimum Gasteiger partial charge on any atom is -0.497 e. The highest BCUT2D eigenvalue weighted by atomic mass is 16.5. The van der Waals surface area contributed by atoms with Crippen LogP contribution in [0.1, 0.15) is 0 Å². The Labute approximate surface area is 303 Å². The molecule has 4 heteroatoms. The molecule has 250 valence electrons. The molecular formula is C48H36N2O2. The van der Waals surface area contributed by atoms with Crippen molar-refractivity contribution in [1.29, 1.82) is 0 Å². The fourth-order valence-electron chi connectivity index (χ4n) is 7.36. The van der Waals surface area contributed by atoms with E-state index in [0.29, 0.717) is 0 Å². The van der Waals surface area contributed by atoms with Crippen molar-refractivity contribution in [3.8, 4) is 11.5 Å². The first kappa shape index (κ1) is 31.2. The van der Waals surface area contributed by atoms with E-state index in [1.165, 1.54) is 43.1 Å². The Kier molecular flexibility index (Phi) is 7.90. The molecule has 0 aliphatic heterocycles. The molecule has 9 aromatic carbocycles. The maximum atomic E-state index is 5.49. The molecule has 0 amide bonds. The van der Waals surface area contributed by atoms with Crippen LogP contribution in [0.3, 0.4) is 0 Å². The molecule has 0 N–H and O–H groups in total. The summed E-state index contributed by atoms with van der Waals surface area (Å²) in [5.74, 6) is 1.63. The zero-order valence-corrected chi connectivity index (χ0v) is 29.0. The van der Waals surface area contributed by atoms with Crippen LogP contribution in [0, 0.1) is 0 Å². The van der Waals surface area contributed by atoms with Crippen molar-refractivity contribution in [2.45, 2.75) is 0 Å². The van der Waals surface area contributed by atoms with Gasteiger partial charge in [0.15, 0.2) is 0 Å². The molecule has 0 aliphatic carbocycles. The van der Waals surface area contributed by atoms with Crippen LogP contribution in [0.4, 0.5) is 34.1 Å². The minimum absolute atomic E-state index is 0.815. The smallest absolute Gasteiger partial charge is 0.119 e. The lowest BCUT2D eigenvalue weighted by Crippen LogP contribution is -2.13. The number of anilines is 6. The zero-order valence-electron chi connectivity index (χ0n) is 29.0. The summed E-state index contributed by atoms with van der Waals surface area (Å²) in [6.07, 6.45) is 0. The summed E-state index contributed by atoms with van der Waals surface area (Å²) < 4.78 is 11.0. The van der Waals surface area contributed by atoms with Gasteiger partial charge in [0.25, 0.3) is 0 Å². The van der Waals surface area contributed by atoms with Gasteiger partial charge in [-0.15, -0.1) is 0 Å². The fourth-order valence-corrected chi connectivity index (χ4v) is 7.36. The Balaban J connectivity index is 1.24. The quantitative estimate of drug-likeness (QED) is 0.150. The zero-order chi connectivity index (χ0) is 35.0. The van der Waals surface area contributed by atoms with Gasteiger partial charge in [0.2, 0.25) is 0 Å². The highest BCUT2D eigenvalue weighted by molar-refractivity contribution is 6.14. The van der Waals surface area contributed by atoms with E-state index in [-0.39, 0.29) is 0 Å². The molecule has 0 spiro atoms. The van der Waals surface area contributed by atoms with Crippen LogP contribution in [-0.4, -0.2) is 14.2 Å². The molecule has 0 unspecified atom stereocenters. The number of benzene rings is 9. The third-order valence-corrected chi connectivity index (χ3v) is 9.94. The molecule has 0 atom stereocenters. The van der Waals surface area contributed by atoms with Crippen molar-refractivity contribution in [2.24, 2.45) is 0 Å². The normalized spacial score (nSPS) is 11.3. The molecule has 0 aromatic heterocycles. The van der Waals surface area contributed by atoms with E-state index in [2.05, 4.69) is 168 Å². The highest BCUT2D eigenvalue weighted by Gasteiger charge is 2.21. The van der Waals surface area contributed by atoms with Gasteiger partial charge >= 0.3 is 0 Å². The molecule has 0 radical (unpaired) electrons. The lowest BCUT2D eigenvalue weighted by molar-refractivity contribution is 0.415. The molecular weight excluding hydrogens is 637 g/mol. The van der Waals surface area contributed by atoms with E-state index in [0.717, 1.165) is 45.6 Å². The number of hydrogen-bond donors (Lipinski definition) is 0. The first-order valence-corrected chi connectivity index (χ1v) is 17.5. The van der Waals surface area contributed by atoms with E-state index in [1.807, 2.05) is 24.3 Å². The summed E-state index contributed by atoms with van der Waals surface area (Å²) in [5.41, 5.74) is 6.40. The number of hydrogen-bond acceptors (Lipinski definition) is 4. The Morgan fingerprint density at radius 2 is 0.673 bits per heavy atom. The molecule has 0 bridgehead atoms. The van der Waals surface area contributed by atoms with Crippen LogP contribution in [0.15, 0.2) is 182 Å². The molecule has 4 nitrogen and oxygen atoms in total. The lowest BCUT2D eigenvalue weighted by Gasteiger charge is -2.30. The van der Waals surface area contributed by atoms with Crippen LogP contribution in [-0.2, 0) is 0 Å². The number of rotatable bonds is 8. The average Bonchev–Trinajstić information content (AvgIpc) is 3.21. The third-order valence-electron chi connectivity index (χ3n) is 9.94. The predicted octanol–water partition coefficient (Wildman–Crippen LogP) is 13.3. The number of methoxy groups -OCH3 is 2. The topological polar surface area (TPSA) is 24.9 Å². The second-order valence-corrected chi connectivity index (χ2v) is 13.0. The summed E-state index contributed by atoms with van der Waals surface area (Å²) >= 11 is 0. The van der Waals surface area contributed by atoms with E-state index in [9.17, 15) is 0 Å². The summed E-state index contributed by atoms with van der Waals surface area (Å²) in [7, 11) is 3.38. The molecule has 52 heavy (non-hydrogen) atoms. The maximum Gasteiger partial charge on any atom is 0.119 e. The van der Waals surface area contributed by atoms with Crippen LogP contribution in [0.25, 0.3) is 43.1 Å². The van der Waals surface area contributed by atoms with Gasteiger partial charge in [0, 0.05) is 39.2 Å². The van der Waals surface area contributed by atoms with E-state index in [4.69, 9.17) is 9.47 Å². The molecule has 0 aliphatic rings. The van der Waals surface area contributed by atoms with Crippen molar-refractivity contribution in [3.05, 3.63) is 182 Å². The molecule has 9 aromatic rings. The van der Waals surface area contributed by atoms with Gasteiger partial charge in [0.1, 0.15) is 11.5 Å². The summed E-state index contributed by atoms with van der Waals surface area (Å²) in [6, 6.07) is 64.9. The van der Waals surface area contributed by atoms with Crippen molar-refractivity contribution < 1.29 is 9.47 Å². The van der Waals surface area contributed by atoms with Gasteiger partial charge in [0.05, 0.1) is 19.9 Å². The number of fused-ring (bicyclic) bond motifs is 4. The highest BCUT2D eigenvalue weighted by Crippen LogP contribution is 2.46. The van der Waals surface area contributed by atoms with E-state index < -0.39 is 0 Å². The predicted molar refractivity (Wildman–Crippen MR) is 219 cm³/mol. The second-order valence-electron chi connectivity index (χ2n) is 13.0. The molecule has 9 rings (SSSR count). The monoisotopic (exact) mass is 672 g/mol. The minimum atomic E-state index is 0.815. The van der Waals surface area contributed by atoms with Gasteiger partial charge in [-0.2, -0.15) is 0 Å². The van der Waals surface area contributed by atoms with Crippen LogP contribution < -0.4 is 19.3 Å². The standard InChI is InChI=1S/C48H36N2O2/c1-51-44-25-21-40(22-26-44)49(41-23-27-45(52-2)28-24-41)39-17-19-42(20-18-39)50(43-16-15-35-29-33-9-3-4-10-34(33)30-38(35)32-43)48-46-13-7-5-11-36(46)31-37-12-6-8-14-47(37)48/h3-32H,1-2H3. The van der Waals surface area contributed by atoms with Crippen LogP contribution >= 0.6 is 0 Å². The van der Waals surface area contributed by atoms with E-state index in [1.54, 1.807) is 14.2 Å². The molecule has 0 fully saturated rings. The third kappa shape index (κ3) is 5.61. The summed E-state index contributed by atoms with van der Waals surface area (Å²) in [6.45, 7) is 0. The Morgan fingerprint density at radius 3 is 1.17 bits per heavy atom. The first-order valence-electron chi connectivity index (χ1n) is 17.5. The average molecular weight is 673 g/mol. The number of nitrogens with zero attached hydrogens (tertiary/aromatic N) is 2. The summed E-state index contributed by atoms with van der Waals surface area (Å²) in [5, 5.41) is 9.69. The fraction of sp³-hybridized carbons (Fsp3) is 0.0417. The molecule has 0 saturated heterocycles.